The number of hydrogen-bond acceptors (Lipinski definition) is 3. The predicted octanol–water partition coefficient (Wildman–Crippen LogP) is 2.23. The summed E-state index contributed by atoms with van der Waals surface area (Å²) in [5.74, 6) is -0.851. The fourth-order valence-electron chi connectivity index (χ4n) is 2.73. The fraction of sp³-hybridized carbons (Fsp3) is 0.294. The molecule has 0 bridgehead atoms. The summed E-state index contributed by atoms with van der Waals surface area (Å²) >= 11 is 0. The third kappa shape index (κ3) is 3.59. The van der Waals surface area contributed by atoms with Crippen LogP contribution in [0.4, 0.5) is 4.39 Å². The molecule has 1 aromatic heterocycles. The van der Waals surface area contributed by atoms with E-state index in [-0.39, 0.29) is 18.4 Å². The van der Waals surface area contributed by atoms with E-state index in [9.17, 15) is 14.0 Å². The summed E-state index contributed by atoms with van der Waals surface area (Å²) in [4.78, 5) is 23.9. The molecule has 0 radical (unpaired) electrons. The molecule has 0 saturated carbocycles. The number of halogens is 1. The van der Waals surface area contributed by atoms with Gasteiger partial charge in [0.15, 0.2) is 0 Å². The maximum atomic E-state index is 12.8. The topological polar surface area (TPSA) is 71.3 Å². The van der Waals surface area contributed by atoms with Gasteiger partial charge >= 0.3 is 11.8 Å². The fourth-order valence-corrected chi connectivity index (χ4v) is 2.73. The highest BCUT2D eigenvalue weighted by Crippen LogP contribution is 2.30. The van der Waals surface area contributed by atoms with Crippen LogP contribution in [0.5, 0.6) is 0 Å². The average molecular weight is 316 g/mol. The van der Waals surface area contributed by atoms with Gasteiger partial charge in [0.1, 0.15) is 11.6 Å². The van der Waals surface area contributed by atoms with Crippen molar-refractivity contribution in [1.29, 1.82) is 0 Å². The molecule has 1 heterocycles. The number of carbonyl (C=O) groups excluding carboxylic acids is 2. The van der Waals surface area contributed by atoms with Crippen molar-refractivity contribution in [2.75, 3.05) is 0 Å². The molecule has 3 rings (SSSR count). The van der Waals surface area contributed by atoms with Crippen molar-refractivity contribution in [1.82, 2.24) is 10.6 Å². The lowest BCUT2D eigenvalue weighted by atomic mass is 9.93. The van der Waals surface area contributed by atoms with Gasteiger partial charge in [0.2, 0.25) is 0 Å². The Morgan fingerprint density at radius 2 is 1.96 bits per heavy atom. The van der Waals surface area contributed by atoms with E-state index >= 15 is 0 Å². The molecule has 0 saturated heterocycles. The van der Waals surface area contributed by atoms with Crippen molar-refractivity contribution < 1.29 is 18.4 Å². The van der Waals surface area contributed by atoms with E-state index in [4.69, 9.17) is 4.42 Å². The van der Waals surface area contributed by atoms with Crippen LogP contribution in [0.3, 0.4) is 0 Å². The van der Waals surface area contributed by atoms with Crippen molar-refractivity contribution in [2.24, 2.45) is 0 Å². The molecule has 120 valence electrons. The van der Waals surface area contributed by atoms with E-state index in [1.807, 2.05) is 6.07 Å². The van der Waals surface area contributed by atoms with Gasteiger partial charge < -0.3 is 15.1 Å². The summed E-state index contributed by atoms with van der Waals surface area (Å²) in [6.45, 7) is 0.175. The first kappa shape index (κ1) is 15.3. The van der Waals surface area contributed by atoms with Crippen molar-refractivity contribution in [3.63, 3.8) is 0 Å². The number of rotatable bonds is 3. The van der Waals surface area contributed by atoms with Crippen LogP contribution in [-0.2, 0) is 22.6 Å². The number of fused-ring (bicyclic) bond motifs is 1. The number of amides is 2. The minimum atomic E-state index is -0.704. The third-order valence-electron chi connectivity index (χ3n) is 3.93. The smallest absolute Gasteiger partial charge is 0.309 e. The zero-order chi connectivity index (χ0) is 16.2. The number of benzene rings is 1. The third-order valence-corrected chi connectivity index (χ3v) is 3.93. The maximum absolute atomic E-state index is 12.8. The Kier molecular flexibility index (Phi) is 4.41. The summed E-state index contributed by atoms with van der Waals surface area (Å²) in [7, 11) is 0. The van der Waals surface area contributed by atoms with E-state index in [0.29, 0.717) is 0 Å². The number of furan rings is 1. The molecule has 2 amide bonds. The first-order chi connectivity index (χ1) is 11.1. The quantitative estimate of drug-likeness (QED) is 0.853. The lowest BCUT2D eigenvalue weighted by Crippen LogP contribution is -2.41. The lowest BCUT2D eigenvalue weighted by molar-refractivity contribution is -0.139. The molecule has 2 N–H and O–H groups in total. The van der Waals surface area contributed by atoms with Crippen LogP contribution in [0.15, 0.2) is 41.0 Å². The highest BCUT2D eigenvalue weighted by Gasteiger charge is 2.26. The molecular weight excluding hydrogens is 299 g/mol. The molecule has 23 heavy (non-hydrogen) atoms. The zero-order valence-corrected chi connectivity index (χ0v) is 12.5. The SMILES string of the molecule is O=C(NCc1ccc(F)cc1)C(=O)N[C@H]1CCCc2occc21. The average Bonchev–Trinajstić information content (AvgIpc) is 3.03. The second kappa shape index (κ2) is 6.64. The molecule has 2 aromatic rings. The van der Waals surface area contributed by atoms with Gasteiger partial charge in [0, 0.05) is 18.5 Å². The Balaban J connectivity index is 1.54. The largest absolute Gasteiger partial charge is 0.469 e. The van der Waals surface area contributed by atoms with E-state index < -0.39 is 11.8 Å². The molecule has 6 heteroatoms. The van der Waals surface area contributed by atoms with Gasteiger partial charge in [-0.25, -0.2) is 4.39 Å². The minimum Gasteiger partial charge on any atom is -0.469 e. The lowest BCUT2D eigenvalue weighted by Gasteiger charge is -2.22. The molecule has 0 spiro atoms. The van der Waals surface area contributed by atoms with Gasteiger partial charge in [-0.3, -0.25) is 9.59 Å². The van der Waals surface area contributed by atoms with Gasteiger partial charge in [-0.15, -0.1) is 0 Å². The van der Waals surface area contributed by atoms with Crippen LogP contribution < -0.4 is 10.6 Å². The van der Waals surface area contributed by atoms with Crippen molar-refractivity contribution >= 4 is 11.8 Å². The number of nitrogens with one attached hydrogen (secondary N) is 2. The van der Waals surface area contributed by atoms with E-state index in [1.54, 1.807) is 18.4 Å². The maximum Gasteiger partial charge on any atom is 0.309 e. The number of hydrogen-bond donors (Lipinski definition) is 2. The van der Waals surface area contributed by atoms with Gasteiger partial charge in [-0.1, -0.05) is 12.1 Å². The number of carbonyl (C=O) groups is 2. The van der Waals surface area contributed by atoms with Crippen molar-refractivity contribution in [2.45, 2.75) is 31.8 Å². The first-order valence-electron chi connectivity index (χ1n) is 7.53. The second-order valence-electron chi connectivity index (χ2n) is 5.53. The molecule has 0 fully saturated rings. The monoisotopic (exact) mass is 316 g/mol. The Labute approximate surface area is 132 Å². The number of aryl methyl sites for hydroxylation is 1. The molecule has 5 nitrogen and oxygen atoms in total. The first-order valence-corrected chi connectivity index (χ1v) is 7.53. The van der Waals surface area contributed by atoms with Crippen LogP contribution in [0.1, 0.15) is 35.8 Å². The summed E-state index contributed by atoms with van der Waals surface area (Å²) < 4.78 is 18.2. The van der Waals surface area contributed by atoms with Gasteiger partial charge in [0.05, 0.1) is 12.3 Å². The van der Waals surface area contributed by atoms with Crippen molar-refractivity contribution in [3.05, 3.63) is 59.3 Å². The molecule has 1 aliphatic carbocycles. The van der Waals surface area contributed by atoms with E-state index in [2.05, 4.69) is 10.6 Å². The van der Waals surface area contributed by atoms with Gasteiger partial charge in [-0.2, -0.15) is 0 Å². The highest BCUT2D eigenvalue weighted by molar-refractivity contribution is 6.35. The van der Waals surface area contributed by atoms with Crippen molar-refractivity contribution in [3.8, 4) is 0 Å². The Morgan fingerprint density at radius 1 is 1.17 bits per heavy atom. The van der Waals surface area contributed by atoms with Crippen LogP contribution in [0.2, 0.25) is 0 Å². The molecular formula is C17H17FN2O3. The Hall–Kier alpha value is -2.63. The van der Waals surface area contributed by atoms with E-state index in [0.717, 1.165) is 36.1 Å². The van der Waals surface area contributed by atoms with E-state index in [1.165, 1.54) is 12.1 Å². The Morgan fingerprint density at radius 3 is 2.74 bits per heavy atom. The molecule has 1 aliphatic rings. The Bertz CT molecular complexity index is 709. The highest BCUT2D eigenvalue weighted by atomic mass is 19.1. The standard InChI is InChI=1S/C17H17FN2O3/c18-12-6-4-11(5-7-12)10-19-16(21)17(22)20-14-2-1-3-15-13(14)8-9-23-15/h4-9,14H,1-3,10H2,(H,19,21)(H,20,22)/t14-/m0/s1. The molecule has 0 aliphatic heterocycles. The second-order valence-corrected chi connectivity index (χ2v) is 5.53. The molecule has 1 aromatic carbocycles. The summed E-state index contributed by atoms with van der Waals surface area (Å²) in [6, 6.07) is 7.38. The summed E-state index contributed by atoms with van der Waals surface area (Å²) in [5.41, 5.74) is 1.67. The van der Waals surface area contributed by atoms with Crippen LogP contribution in [-0.4, -0.2) is 11.8 Å². The van der Waals surface area contributed by atoms with Crippen LogP contribution in [0, 0.1) is 5.82 Å². The van der Waals surface area contributed by atoms with Crippen LogP contribution in [0.25, 0.3) is 0 Å². The van der Waals surface area contributed by atoms with Gasteiger partial charge in [0.25, 0.3) is 0 Å². The molecule has 1 atom stereocenters. The minimum absolute atomic E-state index is 0.175. The normalized spacial score (nSPS) is 16.5. The van der Waals surface area contributed by atoms with Gasteiger partial charge in [-0.05, 0) is 36.6 Å². The van der Waals surface area contributed by atoms with Crippen LogP contribution >= 0.6 is 0 Å². The predicted molar refractivity (Wildman–Crippen MR) is 80.8 cm³/mol. The zero-order valence-electron chi connectivity index (χ0n) is 12.5. The summed E-state index contributed by atoms with van der Waals surface area (Å²) in [5, 5.41) is 5.26. The molecule has 0 unspecified atom stereocenters. The summed E-state index contributed by atoms with van der Waals surface area (Å²) in [6.07, 6.45) is 4.14.